The average molecular weight is 553 g/mol. The van der Waals surface area contributed by atoms with Crippen LogP contribution in [-0.2, 0) is 0 Å². The lowest BCUT2D eigenvalue weighted by atomic mass is 9.89. The summed E-state index contributed by atoms with van der Waals surface area (Å²) in [7, 11) is 4.20. The fraction of sp³-hybridized carbons (Fsp3) is 0.419. The third-order valence-corrected chi connectivity index (χ3v) is 9.40. The van der Waals surface area contributed by atoms with Crippen LogP contribution in [0, 0.1) is 0 Å². The summed E-state index contributed by atoms with van der Waals surface area (Å²) in [5.41, 5.74) is 19.2. The van der Waals surface area contributed by atoms with E-state index in [9.17, 15) is 0 Å². The van der Waals surface area contributed by atoms with Gasteiger partial charge in [0.2, 0.25) is 5.91 Å². The second-order valence-corrected chi connectivity index (χ2v) is 11.9. The highest BCUT2D eigenvalue weighted by Gasteiger charge is 2.38. The molecular formula is C31H40N10. The van der Waals surface area contributed by atoms with Gasteiger partial charge in [-0.2, -0.15) is 0 Å². The molecule has 1 atom stereocenters. The van der Waals surface area contributed by atoms with Crippen LogP contribution in [0.25, 0.3) is 22.2 Å². The average Bonchev–Trinajstić information content (AvgIpc) is 3.50. The second-order valence-electron chi connectivity index (χ2n) is 11.9. The minimum Gasteiger partial charge on any atom is -0.383 e. The standard InChI is InChI=1S/C31H40N10/c1-38-15-17-40(18-16-38)23-11-13-24(14-12-23)41-19-25(28-29(32)34-20-35-30(28)41)21-7-9-22(10-8-21)36-31(33)37-26-5-3-4-6-27(26)39(31)2/h3-10,19-20,23-24,36-37H,11-18,33H2,1-2H3,(H2,32,34,35). The first-order valence-corrected chi connectivity index (χ1v) is 14.7. The summed E-state index contributed by atoms with van der Waals surface area (Å²) >= 11 is 0. The van der Waals surface area contributed by atoms with Gasteiger partial charge in [0.25, 0.3) is 0 Å². The van der Waals surface area contributed by atoms with Gasteiger partial charge in [-0.05, 0) is 62.6 Å². The van der Waals surface area contributed by atoms with E-state index in [1.807, 2.05) is 30.1 Å². The summed E-state index contributed by atoms with van der Waals surface area (Å²) in [4.78, 5) is 16.2. The third kappa shape index (κ3) is 4.65. The van der Waals surface area contributed by atoms with Crippen molar-refractivity contribution in [2.75, 3.05) is 61.5 Å². The molecule has 2 aromatic heterocycles. The molecule has 1 saturated heterocycles. The van der Waals surface area contributed by atoms with Gasteiger partial charge in [-0.25, -0.2) is 9.97 Å². The molecule has 2 aliphatic heterocycles. The van der Waals surface area contributed by atoms with Gasteiger partial charge >= 0.3 is 0 Å². The quantitative estimate of drug-likeness (QED) is 0.273. The maximum Gasteiger partial charge on any atom is 0.246 e. The third-order valence-electron chi connectivity index (χ3n) is 9.40. The number of fused-ring (bicyclic) bond motifs is 2. The molecule has 4 heterocycles. The Morgan fingerprint density at radius 3 is 2.34 bits per heavy atom. The molecular weight excluding hydrogens is 512 g/mol. The Hall–Kier alpha value is -3.86. The largest absolute Gasteiger partial charge is 0.383 e. The first-order valence-electron chi connectivity index (χ1n) is 14.7. The zero-order valence-corrected chi connectivity index (χ0v) is 23.9. The molecule has 3 aliphatic rings. The molecule has 41 heavy (non-hydrogen) atoms. The molecule has 1 aliphatic carbocycles. The molecule has 1 unspecified atom stereocenters. The van der Waals surface area contributed by atoms with Gasteiger partial charge in [-0.3, -0.25) is 10.6 Å². The lowest BCUT2D eigenvalue weighted by molar-refractivity contribution is 0.0828. The van der Waals surface area contributed by atoms with Gasteiger partial charge in [0.05, 0.1) is 16.8 Å². The molecule has 4 aromatic rings. The van der Waals surface area contributed by atoms with E-state index in [1.54, 1.807) is 6.33 Å². The number of nitrogens with zero attached hydrogens (tertiary/aromatic N) is 6. The zero-order chi connectivity index (χ0) is 28.1. The normalized spacial score (nSPS) is 25.3. The highest BCUT2D eigenvalue weighted by Crippen LogP contribution is 2.40. The first kappa shape index (κ1) is 26.1. The van der Waals surface area contributed by atoms with Gasteiger partial charge in [0.1, 0.15) is 17.8 Å². The maximum atomic E-state index is 6.74. The number of anilines is 4. The number of nitrogens with one attached hydrogen (secondary N) is 2. The number of hydrogen-bond donors (Lipinski definition) is 4. The molecule has 0 amide bonds. The minimum atomic E-state index is -0.928. The van der Waals surface area contributed by atoms with Gasteiger partial charge in [-0.1, -0.05) is 24.3 Å². The second kappa shape index (κ2) is 10.2. The Labute approximate surface area is 241 Å². The number of rotatable bonds is 5. The summed E-state index contributed by atoms with van der Waals surface area (Å²) in [5.74, 6) is -0.407. The van der Waals surface area contributed by atoms with Gasteiger partial charge < -0.3 is 30.7 Å². The maximum absolute atomic E-state index is 6.74. The fourth-order valence-electron chi connectivity index (χ4n) is 6.91. The van der Waals surface area contributed by atoms with Crippen molar-refractivity contribution in [1.29, 1.82) is 0 Å². The van der Waals surface area contributed by atoms with E-state index < -0.39 is 5.91 Å². The molecule has 0 bridgehead atoms. The van der Waals surface area contributed by atoms with Crippen LogP contribution in [0.15, 0.2) is 61.1 Å². The molecule has 0 spiro atoms. The van der Waals surface area contributed by atoms with Crippen LogP contribution in [0.5, 0.6) is 0 Å². The lowest BCUT2D eigenvalue weighted by Gasteiger charge is -2.41. The summed E-state index contributed by atoms with van der Waals surface area (Å²) in [6.07, 6.45) is 8.56. The Kier molecular flexibility index (Phi) is 6.49. The number of para-hydroxylation sites is 2. The SMILES string of the molecule is CN1CCN(C2CCC(n3cc(-c4ccc(NC5(N)Nc6ccccc6N5C)cc4)c4c(N)ncnc43)CC2)CC1. The van der Waals surface area contributed by atoms with Crippen molar-refractivity contribution in [2.24, 2.45) is 5.73 Å². The van der Waals surface area contributed by atoms with Crippen molar-refractivity contribution in [3.05, 3.63) is 61.1 Å². The number of piperazine rings is 1. The van der Waals surface area contributed by atoms with Crippen LogP contribution in [0.2, 0.25) is 0 Å². The number of likely N-dealkylation sites (N-methyl/N-ethyl adjacent to an activating group) is 1. The molecule has 7 rings (SSSR count). The van der Waals surface area contributed by atoms with Crippen LogP contribution < -0.4 is 27.0 Å². The predicted octanol–water partition coefficient (Wildman–Crippen LogP) is 3.96. The molecule has 6 N–H and O–H groups in total. The number of benzene rings is 2. The van der Waals surface area contributed by atoms with Crippen LogP contribution in [0.4, 0.5) is 22.9 Å². The molecule has 2 aromatic carbocycles. The minimum absolute atomic E-state index is 0.410. The van der Waals surface area contributed by atoms with E-state index in [2.05, 4.69) is 73.6 Å². The smallest absolute Gasteiger partial charge is 0.246 e. The molecule has 10 nitrogen and oxygen atoms in total. The van der Waals surface area contributed by atoms with E-state index >= 15 is 0 Å². The number of nitrogen functional groups attached to an aromatic ring is 1. The van der Waals surface area contributed by atoms with Gasteiger partial charge in [0.15, 0.2) is 0 Å². The Morgan fingerprint density at radius 1 is 0.902 bits per heavy atom. The molecule has 10 heteroatoms. The van der Waals surface area contributed by atoms with Crippen molar-refractivity contribution < 1.29 is 0 Å². The Bertz CT molecular complexity index is 1530. The monoisotopic (exact) mass is 552 g/mol. The van der Waals surface area contributed by atoms with Crippen molar-refractivity contribution >= 4 is 33.9 Å². The fourth-order valence-corrected chi connectivity index (χ4v) is 6.91. The zero-order valence-electron chi connectivity index (χ0n) is 23.9. The predicted molar refractivity (Wildman–Crippen MR) is 167 cm³/mol. The van der Waals surface area contributed by atoms with Crippen LogP contribution in [0.1, 0.15) is 31.7 Å². The summed E-state index contributed by atoms with van der Waals surface area (Å²) in [6, 6.07) is 17.6. The number of hydrogen-bond acceptors (Lipinski definition) is 9. The van der Waals surface area contributed by atoms with Crippen LogP contribution in [-0.4, -0.2) is 76.6 Å². The van der Waals surface area contributed by atoms with E-state index in [0.29, 0.717) is 17.9 Å². The van der Waals surface area contributed by atoms with Crippen LogP contribution in [0.3, 0.4) is 0 Å². The molecule has 2 fully saturated rings. The Morgan fingerprint density at radius 2 is 1.61 bits per heavy atom. The summed E-state index contributed by atoms with van der Waals surface area (Å²) in [5, 5.41) is 7.79. The number of aromatic nitrogens is 3. The van der Waals surface area contributed by atoms with Gasteiger partial charge in [-0.15, -0.1) is 0 Å². The first-order chi connectivity index (χ1) is 19.9. The Balaban J connectivity index is 1.11. The van der Waals surface area contributed by atoms with E-state index in [0.717, 1.165) is 52.1 Å². The van der Waals surface area contributed by atoms with E-state index in [-0.39, 0.29) is 0 Å². The van der Waals surface area contributed by atoms with E-state index in [4.69, 9.17) is 16.5 Å². The van der Waals surface area contributed by atoms with Crippen LogP contribution >= 0.6 is 0 Å². The van der Waals surface area contributed by atoms with Crippen molar-refractivity contribution in [1.82, 2.24) is 24.3 Å². The molecule has 1 saturated carbocycles. The van der Waals surface area contributed by atoms with Crippen molar-refractivity contribution in [3.8, 4) is 11.1 Å². The number of nitrogens with two attached hydrogens (primary N) is 2. The van der Waals surface area contributed by atoms with Crippen molar-refractivity contribution in [2.45, 2.75) is 43.7 Å². The summed E-state index contributed by atoms with van der Waals surface area (Å²) in [6.45, 7) is 4.70. The molecule has 0 radical (unpaired) electrons. The van der Waals surface area contributed by atoms with Crippen molar-refractivity contribution in [3.63, 3.8) is 0 Å². The highest BCUT2D eigenvalue weighted by molar-refractivity contribution is 6.00. The highest BCUT2D eigenvalue weighted by atomic mass is 15.5. The molecule has 214 valence electrons. The van der Waals surface area contributed by atoms with Gasteiger partial charge in [0, 0.05) is 62.8 Å². The summed E-state index contributed by atoms with van der Waals surface area (Å²) < 4.78 is 2.36. The topological polar surface area (TPSA) is 117 Å². The lowest BCUT2D eigenvalue weighted by Crippen LogP contribution is -2.63. The van der Waals surface area contributed by atoms with E-state index in [1.165, 1.54) is 39.0 Å².